The van der Waals surface area contributed by atoms with Crippen molar-refractivity contribution in [2.75, 3.05) is 13.7 Å². The fraction of sp³-hybridized carbons (Fsp3) is 0.714. The van der Waals surface area contributed by atoms with E-state index in [1.165, 1.54) is 0 Å². The van der Waals surface area contributed by atoms with Crippen molar-refractivity contribution in [2.24, 2.45) is 5.92 Å². The van der Waals surface area contributed by atoms with Crippen LogP contribution in [-0.2, 0) is 4.74 Å². The third-order valence-electron chi connectivity index (χ3n) is 1.14. The second-order valence-electron chi connectivity index (χ2n) is 2.22. The molecule has 1 radical (unpaired) electrons. The maximum atomic E-state index is 8.46. The summed E-state index contributed by atoms with van der Waals surface area (Å²) in [6.45, 7) is 4.43. The summed E-state index contributed by atoms with van der Waals surface area (Å²) in [4.78, 5) is 0. The van der Waals surface area contributed by atoms with E-state index >= 15 is 0 Å². The van der Waals surface area contributed by atoms with Crippen molar-refractivity contribution in [3.8, 4) is 6.07 Å². The maximum absolute atomic E-state index is 8.46. The van der Waals surface area contributed by atoms with Gasteiger partial charge in [-0.1, -0.05) is 13.8 Å². The summed E-state index contributed by atoms with van der Waals surface area (Å²) in [6, 6.07) is 2.09. The fourth-order valence-corrected chi connectivity index (χ4v) is 0.484. The van der Waals surface area contributed by atoms with E-state index in [1.807, 2.05) is 13.8 Å². The molecular formula is C7H12NO. The minimum Gasteiger partial charge on any atom is -0.383 e. The van der Waals surface area contributed by atoms with Gasteiger partial charge in [-0.2, -0.15) is 5.26 Å². The molecule has 0 bridgehead atoms. The summed E-state index contributed by atoms with van der Waals surface area (Å²) in [6.07, 6.45) is 0. The van der Waals surface area contributed by atoms with Gasteiger partial charge in [0.05, 0.1) is 12.7 Å². The molecule has 0 spiro atoms. The van der Waals surface area contributed by atoms with E-state index in [4.69, 9.17) is 10.00 Å². The van der Waals surface area contributed by atoms with Crippen LogP contribution >= 0.6 is 0 Å². The zero-order valence-electron chi connectivity index (χ0n) is 6.14. The Kier molecular flexibility index (Phi) is 4.08. The molecule has 2 heteroatoms. The Hall–Kier alpha value is -0.550. The topological polar surface area (TPSA) is 33.0 Å². The second kappa shape index (κ2) is 4.34. The molecular weight excluding hydrogens is 114 g/mol. The minimum absolute atomic E-state index is 0.315. The van der Waals surface area contributed by atoms with Gasteiger partial charge in [-0.05, 0) is 5.92 Å². The molecule has 0 aromatic rings. The molecule has 0 rings (SSSR count). The highest BCUT2D eigenvalue weighted by Crippen LogP contribution is 2.11. The molecule has 0 aromatic heterocycles. The summed E-state index contributed by atoms with van der Waals surface area (Å²) in [5, 5.41) is 8.46. The van der Waals surface area contributed by atoms with Crippen molar-refractivity contribution in [3.63, 3.8) is 0 Å². The van der Waals surface area contributed by atoms with Crippen LogP contribution in [0.25, 0.3) is 0 Å². The number of ether oxygens (including phenoxy) is 1. The lowest BCUT2D eigenvalue weighted by Gasteiger charge is -2.08. The van der Waals surface area contributed by atoms with Crippen molar-refractivity contribution in [1.82, 2.24) is 0 Å². The van der Waals surface area contributed by atoms with Crippen molar-refractivity contribution >= 4 is 0 Å². The van der Waals surface area contributed by atoms with Crippen LogP contribution in [0.1, 0.15) is 13.8 Å². The van der Waals surface area contributed by atoms with E-state index < -0.39 is 0 Å². The van der Waals surface area contributed by atoms with E-state index in [9.17, 15) is 0 Å². The molecule has 0 aromatic carbocycles. The number of methoxy groups -OCH3 is 1. The summed E-state index contributed by atoms with van der Waals surface area (Å²) < 4.78 is 4.80. The Morgan fingerprint density at radius 1 is 1.67 bits per heavy atom. The maximum Gasteiger partial charge on any atom is 0.104 e. The molecule has 0 aliphatic rings. The van der Waals surface area contributed by atoms with Crippen LogP contribution in [0.4, 0.5) is 0 Å². The molecule has 0 saturated carbocycles. The summed E-state index contributed by atoms with van der Waals surface area (Å²) in [7, 11) is 1.60. The fourth-order valence-electron chi connectivity index (χ4n) is 0.484. The molecule has 51 valence electrons. The number of nitrogens with zero attached hydrogens (tertiary/aromatic N) is 1. The normalized spacial score (nSPS) is 10.2. The van der Waals surface area contributed by atoms with Crippen LogP contribution in [0.15, 0.2) is 0 Å². The average Bonchev–Trinajstić information content (AvgIpc) is 1.82. The molecule has 0 saturated heterocycles. The lowest BCUT2D eigenvalue weighted by Crippen LogP contribution is -2.09. The quantitative estimate of drug-likeness (QED) is 0.572. The average molecular weight is 126 g/mol. The predicted octanol–water partition coefficient (Wildman–Crippen LogP) is 1.39. The summed E-state index contributed by atoms with van der Waals surface area (Å²) in [5.74, 6) is 1.12. The molecule has 2 nitrogen and oxygen atoms in total. The van der Waals surface area contributed by atoms with Gasteiger partial charge in [0.15, 0.2) is 0 Å². The van der Waals surface area contributed by atoms with E-state index in [2.05, 4.69) is 6.07 Å². The lowest BCUT2D eigenvalue weighted by molar-refractivity contribution is 0.206. The van der Waals surface area contributed by atoms with Crippen molar-refractivity contribution in [2.45, 2.75) is 13.8 Å². The number of rotatable bonds is 3. The monoisotopic (exact) mass is 126 g/mol. The molecule has 0 aliphatic carbocycles. The van der Waals surface area contributed by atoms with Crippen LogP contribution in [-0.4, -0.2) is 13.7 Å². The highest BCUT2D eigenvalue weighted by molar-refractivity contribution is 5.12. The van der Waals surface area contributed by atoms with Crippen LogP contribution in [0, 0.1) is 23.2 Å². The first-order chi connectivity index (χ1) is 4.22. The largest absolute Gasteiger partial charge is 0.383 e. The highest BCUT2D eigenvalue weighted by Gasteiger charge is 2.11. The molecule has 0 aliphatic heterocycles. The van der Waals surface area contributed by atoms with Gasteiger partial charge in [-0.25, -0.2) is 0 Å². The Morgan fingerprint density at radius 3 is 2.33 bits per heavy atom. The molecule has 0 amide bonds. The molecule has 9 heavy (non-hydrogen) atoms. The van der Waals surface area contributed by atoms with Crippen LogP contribution in [0.5, 0.6) is 0 Å². The summed E-state index contributed by atoms with van der Waals surface area (Å²) >= 11 is 0. The third kappa shape index (κ3) is 3.10. The third-order valence-corrected chi connectivity index (χ3v) is 1.14. The lowest BCUT2D eigenvalue weighted by atomic mass is 9.99. The molecule has 0 fully saturated rings. The first-order valence-corrected chi connectivity index (χ1v) is 2.97. The van der Waals surface area contributed by atoms with Gasteiger partial charge in [0.2, 0.25) is 0 Å². The zero-order valence-corrected chi connectivity index (χ0v) is 6.14. The Morgan fingerprint density at radius 2 is 2.22 bits per heavy atom. The molecule has 0 heterocycles. The predicted molar refractivity (Wildman–Crippen MR) is 35.6 cm³/mol. The van der Waals surface area contributed by atoms with Gasteiger partial charge in [0, 0.05) is 7.11 Å². The van der Waals surface area contributed by atoms with Gasteiger partial charge < -0.3 is 4.74 Å². The molecule has 0 atom stereocenters. The van der Waals surface area contributed by atoms with Gasteiger partial charge in [-0.15, -0.1) is 0 Å². The number of hydrogen-bond acceptors (Lipinski definition) is 2. The highest BCUT2D eigenvalue weighted by atomic mass is 16.5. The van der Waals surface area contributed by atoms with E-state index in [0.29, 0.717) is 12.5 Å². The minimum atomic E-state index is 0.315. The van der Waals surface area contributed by atoms with Crippen molar-refractivity contribution in [3.05, 3.63) is 5.92 Å². The summed E-state index contributed by atoms with van der Waals surface area (Å²) in [5.41, 5.74) is 0. The van der Waals surface area contributed by atoms with Crippen molar-refractivity contribution in [1.29, 1.82) is 5.26 Å². The van der Waals surface area contributed by atoms with Crippen molar-refractivity contribution < 1.29 is 4.74 Å². The first-order valence-electron chi connectivity index (χ1n) is 2.97. The van der Waals surface area contributed by atoms with Gasteiger partial charge in [-0.3, -0.25) is 0 Å². The SMILES string of the molecule is COC[C](C#N)C(C)C. The Balaban J connectivity index is 3.58. The zero-order chi connectivity index (χ0) is 7.28. The smallest absolute Gasteiger partial charge is 0.104 e. The van der Waals surface area contributed by atoms with E-state index in [0.717, 1.165) is 5.92 Å². The number of hydrogen-bond donors (Lipinski definition) is 0. The van der Waals surface area contributed by atoms with Crippen LogP contribution < -0.4 is 0 Å². The van der Waals surface area contributed by atoms with Gasteiger partial charge in [0.1, 0.15) is 5.92 Å². The molecule has 0 unspecified atom stereocenters. The van der Waals surface area contributed by atoms with Crippen LogP contribution in [0.3, 0.4) is 0 Å². The van der Waals surface area contributed by atoms with Crippen LogP contribution in [0.2, 0.25) is 0 Å². The second-order valence-corrected chi connectivity index (χ2v) is 2.22. The Bertz CT molecular complexity index is 104. The van der Waals surface area contributed by atoms with Gasteiger partial charge in [0.25, 0.3) is 0 Å². The van der Waals surface area contributed by atoms with E-state index in [1.54, 1.807) is 7.11 Å². The Labute approximate surface area is 56.4 Å². The standard InChI is InChI=1S/C7H12NO/c1-6(2)7(4-8)5-9-3/h6H,5H2,1-3H3. The first kappa shape index (κ1) is 8.45. The molecule has 0 N–H and O–H groups in total. The number of nitriles is 1. The van der Waals surface area contributed by atoms with E-state index in [-0.39, 0.29) is 0 Å². The van der Waals surface area contributed by atoms with Gasteiger partial charge >= 0.3 is 0 Å².